The second-order valence-corrected chi connectivity index (χ2v) is 7.14. The first-order valence-corrected chi connectivity index (χ1v) is 9.09. The third-order valence-electron chi connectivity index (χ3n) is 5.48. The van der Waals surface area contributed by atoms with Crippen LogP contribution in [-0.2, 0) is 0 Å². The van der Waals surface area contributed by atoms with E-state index in [9.17, 15) is 0 Å². The van der Waals surface area contributed by atoms with E-state index in [-0.39, 0.29) is 0 Å². The monoisotopic (exact) mass is 351 g/mol. The fraction of sp³-hybridized carbons (Fsp3) is 0. The molecule has 6 aromatic rings. The Hall–Kier alpha value is -3.03. The van der Waals surface area contributed by atoms with Crippen LogP contribution in [-0.4, -0.2) is 4.09 Å². The van der Waals surface area contributed by atoms with E-state index in [1.165, 1.54) is 43.1 Å². The van der Waals surface area contributed by atoms with Crippen LogP contribution in [0, 0.1) is 0 Å². The van der Waals surface area contributed by atoms with E-state index < -0.39 is 0 Å². The highest BCUT2D eigenvalue weighted by atomic mass is 35.5. The lowest BCUT2D eigenvalue weighted by Gasteiger charge is -2.10. The van der Waals surface area contributed by atoms with Crippen LogP contribution >= 0.6 is 11.8 Å². The average Bonchev–Trinajstić information content (AvgIpc) is 2.99. The van der Waals surface area contributed by atoms with Crippen molar-refractivity contribution in [1.82, 2.24) is 4.09 Å². The summed E-state index contributed by atoms with van der Waals surface area (Å²) in [4.78, 5) is 0. The minimum Gasteiger partial charge on any atom is -0.252 e. The van der Waals surface area contributed by atoms with E-state index in [1.54, 1.807) is 4.09 Å². The molecule has 0 aliphatic carbocycles. The van der Waals surface area contributed by atoms with Gasteiger partial charge in [0.15, 0.2) is 0 Å². The molecule has 0 unspecified atom stereocenters. The van der Waals surface area contributed by atoms with Crippen molar-refractivity contribution in [2.75, 3.05) is 0 Å². The van der Waals surface area contributed by atoms with Crippen molar-refractivity contribution < 1.29 is 0 Å². The van der Waals surface area contributed by atoms with Gasteiger partial charge in [0, 0.05) is 22.5 Å². The van der Waals surface area contributed by atoms with Crippen LogP contribution < -0.4 is 0 Å². The number of rotatable bonds is 0. The number of halogens is 1. The Morgan fingerprint density at radius 2 is 0.885 bits per heavy atom. The molecule has 0 N–H and O–H groups in total. The summed E-state index contributed by atoms with van der Waals surface area (Å²) in [5, 5.41) is 10.0. The maximum absolute atomic E-state index is 6.68. The molecular weight excluding hydrogens is 338 g/mol. The van der Waals surface area contributed by atoms with Gasteiger partial charge in [-0.3, -0.25) is 4.09 Å². The summed E-state index contributed by atoms with van der Waals surface area (Å²) in [5.41, 5.74) is 2.11. The molecule has 1 aromatic heterocycles. The van der Waals surface area contributed by atoms with Gasteiger partial charge < -0.3 is 0 Å². The Kier molecular flexibility index (Phi) is 2.72. The smallest absolute Gasteiger partial charge is 0.0667 e. The predicted molar refractivity (Wildman–Crippen MR) is 113 cm³/mol. The topological polar surface area (TPSA) is 4.93 Å². The molecule has 26 heavy (non-hydrogen) atoms. The number of fused-ring (bicyclic) bond motifs is 9. The zero-order valence-electron chi connectivity index (χ0n) is 13.9. The van der Waals surface area contributed by atoms with Crippen molar-refractivity contribution in [2.24, 2.45) is 0 Å². The first-order chi connectivity index (χ1) is 12.8. The first kappa shape index (κ1) is 14.2. The van der Waals surface area contributed by atoms with Gasteiger partial charge in [0.2, 0.25) is 0 Å². The summed E-state index contributed by atoms with van der Waals surface area (Å²) in [6.07, 6.45) is 0. The van der Waals surface area contributed by atoms with Gasteiger partial charge in [0.05, 0.1) is 11.0 Å². The van der Waals surface area contributed by atoms with E-state index in [1.807, 2.05) is 6.07 Å². The molecule has 0 saturated carbocycles. The normalized spacial score (nSPS) is 12.0. The highest BCUT2D eigenvalue weighted by Crippen LogP contribution is 2.39. The second-order valence-electron chi connectivity index (χ2n) is 6.80. The van der Waals surface area contributed by atoms with Gasteiger partial charge in [-0.2, -0.15) is 0 Å². The minimum absolute atomic E-state index is 1.05. The molecule has 1 heterocycles. The molecule has 6 rings (SSSR count). The molecular formula is C24H14ClN. The minimum atomic E-state index is 1.05. The Morgan fingerprint density at radius 1 is 0.423 bits per heavy atom. The van der Waals surface area contributed by atoms with E-state index in [2.05, 4.69) is 78.9 Å². The largest absolute Gasteiger partial charge is 0.252 e. The summed E-state index contributed by atoms with van der Waals surface area (Å²) in [7, 11) is 0. The van der Waals surface area contributed by atoms with Crippen molar-refractivity contribution in [3.05, 3.63) is 84.9 Å². The van der Waals surface area contributed by atoms with Crippen LogP contribution in [0.25, 0.3) is 54.1 Å². The predicted octanol–water partition coefficient (Wildman–Crippen LogP) is 7.26. The van der Waals surface area contributed by atoms with E-state index in [0.717, 1.165) is 11.0 Å². The van der Waals surface area contributed by atoms with Crippen LogP contribution in [0.15, 0.2) is 84.9 Å². The van der Waals surface area contributed by atoms with Crippen LogP contribution in [0.5, 0.6) is 0 Å². The number of aromatic nitrogens is 1. The lowest BCUT2D eigenvalue weighted by molar-refractivity contribution is 1.40. The quantitative estimate of drug-likeness (QED) is 0.254. The molecule has 0 atom stereocenters. The molecule has 0 aliphatic heterocycles. The third-order valence-corrected chi connectivity index (χ3v) is 5.84. The van der Waals surface area contributed by atoms with Crippen molar-refractivity contribution in [3.8, 4) is 0 Å². The number of hydrogen-bond acceptors (Lipinski definition) is 0. The first-order valence-electron chi connectivity index (χ1n) is 8.75. The molecule has 122 valence electrons. The Labute approximate surface area is 155 Å². The standard InChI is InChI=1S/C24H14ClN/c25-26-23-12-6-5-11-19(23)22-13-20-17-9-3-1-7-15(17)16-8-2-4-10-18(16)21(20)14-24(22)26/h1-14H. The van der Waals surface area contributed by atoms with Gasteiger partial charge in [-0.1, -0.05) is 66.7 Å². The highest BCUT2D eigenvalue weighted by Gasteiger charge is 2.14. The maximum atomic E-state index is 6.68. The molecule has 0 bridgehead atoms. The number of para-hydroxylation sites is 1. The number of benzene rings is 5. The molecule has 2 heteroatoms. The van der Waals surface area contributed by atoms with E-state index >= 15 is 0 Å². The summed E-state index contributed by atoms with van der Waals surface area (Å²) < 4.78 is 1.79. The summed E-state index contributed by atoms with van der Waals surface area (Å²) in [6.45, 7) is 0. The molecule has 0 spiro atoms. The Morgan fingerprint density at radius 3 is 1.50 bits per heavy atom. The third kappa shape index (κ3) is 1.71. The zero-order valence-corrected chi connectivity index (χ0v) is 14.7. The number of nitrogens with zero attached hydrogens (tertiary/aromatic N) is 1. The zero-order chi connectivity index (χ0) is 17.3. The van der Waals surface area contributed by atoms with Gasteiger partial charge in [-0.05, 0) is 50.5 Å². The van der Waals surface area contributed by atoms with Crippen molar-refractivity contribution in [3.63, 3.8) is 0 Å². The lowest BCUT2D eigenvalue weighted by Crippen LogP contribution is -1.84. The molecule has 0 aliphatic rings. The Bertz CT molecular complexity index is 1490. The molecule has 0 saturated heterocycles. The lowest BCUT2D eigenvalue weighted by atomic mass is 9.93. The Balaban J connectivity index is 1.98. The van der Waals surface area contributed by atoms with Gasteiger partial charge in [0.25, 0.3) is 0 Å². The average molecular weight is 352 g/mol. The van der Waals surface area contributed by atoms with Crippen LogP contribution in [0.4, 0.5) is 0 Å². The molecule has 1 nitrogen and oxygen atoms in total. The summed E-state index contributed by atoms with van der Waals surface area (Å²) in [5.74, 6) is 0. The fourth-order valence-corrected chi connectivity index (χ4v) is 4.61. The fourth-order valence-electron chi connectivity index (χ4n) is 4.32. The SMILES string of the molecule is Cln1c2ccccc2c2cc3c4ccccc4c4ccccc4c3cc21. The van der Waals surface area contributed by atoms with Crippen molar-refractivity contribution in [1.29, 1.82) is 0 Å². The second kappa shape index (κ2) is 5.00. The molecule has 0 amide bonds. The van der Waals surface area contributed by atoms with Crippen LogP contribution in [0.1, 0.15) is 0 Å². The van der Waals surface area contributed by atoms with Crippen LogP contribution in [0.3, 0.4) is 0 Å². The highest BCUT2D eigenvalue weighted by molar-refractivity contribution is 6.31. The van der Waals surface area contributed by atoms with E-state index in [0.29, 0.717) is 0 Å². The number of hydrogen-bond donors (Lipinski definition) is 0. The van der Waals surface area contributed by atoms with Crippen LogP contribution in [0.2, 0.25) is 0 Å². The van der Waals surface area contributed by atoms with Gasteiger partial charge in [-0.25, -0.2) is 0 Å². The molecule has 0 radical (unpaired) electrons. The maximum Gasteiger partial charge on any atom is 0.0667 e. The van der Waals surface area contributed by atoms with Gasteiger partial charge >= 0.3 is 0 Å². The summed E-state index contributed by atoms with van der Waals surface area (Å²) in [6, 6.07) is 30.2. The van der Waals surface area contributed by atoms with Gasteiger partial charge in [0.1, 0.15) is 0 Å². The van der Waals surface area contributed by atoms with E-state index in [4.69, 9.17) is 11.8 Å². The molecule has 0 fully saturated rings. The molecule has 5 aromatic carbocycles. The van der Waals surface area contributed by atoms with Crippen molar-refractivity contribution >= 4 is 65.9 Å². The van der Waals surface area contributed by atoms with Gasteiger partial charge in [-0.15, -0.1) is 0 Å². The summed E-state index contributed by atoms with van der Waals surface area (Å²) >= 11 is 6.68. The van der Waals surface area contributed by atoms with Crippen molar-refractivity contribution in [2.45, 2.75) is 0 Å².